The van der Waals surface area contributed by atoms with Gasteiger partial charge in [-0.3, -0.25) is 4.90 Å². The van der Waals surface area contributed by atoms with Gasteiger partial charge in [0.05, 0.1) is 15.9 Å². The number of hydrogen-bond acceptors (Lipinski definition) is 8. The summed E-state index contributed by atoms with van der Waals surface area (Å²) in [4.78, 5) is 25.1. The molecule has 1 N–H and O–H groups in total. The molecule has 0 amide bonds. The molecule has 0 aromatic carbocycles. The lowest BCUT2D eigenvalue weighted by Crippen LogP contribution is -2.20. The van der Waals surface area contributed by atoms with Crippen molar-refractivity contribution in [3.63, 3.8) is 0 Å². The molecule has 8 heteroatoms. The molecule has 1 aliphatic heterocycles. The number of thiazole rings is 1. The van der Waals surface area contributed by atoms with Crippen LogP contribution in [0.15, 0.2) is 42.9 Å². The average Bonchev–Trinajstić information content (AvgIpc) is 3.40. The number of likely N-dealkylation sites (tertiary alicyclic amines) is 1. The second-order valence-corrected chi connectivity index (χ2v) is 8.23. The summed E-state index contributed by atoms with van der Waals surface area (Å²) in [6.45, 7) is 5.35. The van der Waals surface area contributed by atoms with E-state index >= 15 is 0 Å². The third-order valence-electron chi connectivity index (χ3n) is 5.06. The van der Waals surface area contributed by atoms with Crippen molar-refractivity contribution in [2.45, 2.75) is 26.3 Å². The number of fused-ring (bicyclic) bond motifs is 1. The van der Waals surface area contributed by atoms with E-state index in [-0.39, 0.29) is 0 Å². The molecule has 0 aliphatic carbocycles. The number of aromatic nitrogens is 5. The highest BCUT2D eigenvalue weighted by molar-refractivity contribution is 7.21. The summed E-state index contributed by atoms with van der Waals surface area (Å²) in [6.07, 6.45) is 7.85. The predicted molar refractivity (Wildman–Crippen MR) is 115 cm³/mol. The van der Waals surface area contributed by atoms with Crippen molar-refractivity contribution in [3.8, 4) is 10.8 Å². The van der Waals surface area contributed by atoms with Gasteiger partial charge in [-0.2, -0.15) is 0 Å². The van der Waals surface area contributed by atoms with Crippen molar-refractivity contribution in [3.05, 3.63) is 54.1 Å². The summed E-state index contributed by atoms with van der Waals surface area (Å²) in [6, 6.07) is 7.86. The Hall–Kier alpha value is -2.97. The minimum absolute atomic E-state index is 0.634. The molecule has 7 nitrogen and oxygen atoms in total. The molecular weight excluding hydrogens is 382 g/mol. The van der Waals surface area contributed by atoms with Crippen LogP contribution in [0.2, 0.25) is 0 Å². The molecule has 0 spiro atoms. The van der Waals surface area contributed by atoms with E-state index in [2.05, 4.69) is 43.1 Å². The maximum atomic E-state index is 4.83. The number of aryl methyl sites for hydroxylation is 1. The molecule has 146 valence electrons. The molecule has 4 aromatic heterocycles. The summed E-state index contributed by atoms with van der Waals surface area (Å²) < 4.78 is 1.00. The first-order chi connectivity index (χ1) is 14.2. The lowest BCUT2D eigenvalue weighted by atomic mass is 10.2. The Bertz CT molecular complexity index is 1140. The van der Waals surface area contributed by atoms with E-state index in [4.69, 9.17) is 4.98 Å². The second kappa shape index (κ2) is 7.81. The fourth-order valence-corrected chi connectivity index (χ4v) is 4.36. The highest BCUT2D eigenvalue weighted by atomic mass is 32.1. The van der Waals surface area contributed by atoms with Crippen LogP contribution >= 0.6 is 11.3 Å². The SMILES string of the molecule is Cc1ccc(Nc2cc3nc(-c4ncccn4)sc3cn2)nc1CN1CCCC1. The molecule has 0 saturated carbocycles. The van der Waals surface area contributed by atoms with E-state index in [1.54, 1.807) is 18.5 Å². The molecular formula is C21H21N7S. The van der Waals surface area contributed by atoms with Crippen LogP contribution in [0.5, 0.6) is 0 Å². The minimum atomic E-state index is 0.634. The van der Waals surface area contributed by atoms with E-state index < -0.39 is 0 Å². The van der Waals surface area contributed by atoms with E-state index in [0.29, 0.717) is 5.82 Å². The summed E-state index contributed by atoms with van der Waals surface area (Å²) >= 11 is 1.54. The number of rotatable bonds is 5. The van der Waals surface area contributed by atoms with Gasteiger partial charge < -0.3 is 5.32 Å². The van der Waals surface area contributed by atoms with Crippen LogP contribution in [0.3, 0.4) is 0 Å². The Morgan fingerprint density at radius 3 is 2.69 bits per heavy atom. The molecule has 0 bridgehead atoms. The molecule has 0 radical (unpaired) electrons. The number of anilines is 2. The van der Waals surface area contributed by atoms with Crippen LogP contribution in [-0.4, -0.2) is 42.9 Å². The van der Waals surface area contributed by atoms with Crippen LogP contribution in [0, 0.1) is 6.92 Å². The van der Waals surface area contributed by atoms with Crippen LogP contribution < -0.4 is 5.32 Å². The van der Waals surface area contributed by atoms with Crippen molar-refractivity contribution in [1.82, 2.24) is 29.8 Å². The molecule has 4 aromatic rings. The van der Waals surface area contributed by atoms with E-state index in [1.807, 2.05) is 18.3 Å². The fourth-order valence-electron chi connectivity index (χ4n) is 3.49. The van der Waals surface area contributed by atoms with Gasteiger partial charge in [-0.1, -0.05) is 6.07 Å². The summed E-state index contributed by atoms with van der Waals surface area (Å²) in [5.74, 6) is 2.17. The van der Waals surface area contributed by atoms with Crippen LogP contribution in [-0.2, 0) is 6.54 Å². The zero-order valence-corrected chi connectivity index (χ0v) is 17.0. The van der Waals surface area contributed by atoms with Crippen molar-refractivity contribution in [2.75, 3.05) is 18.4 Å². The molecule has 1 aliphatic rings. The highest BCUT2D eigenvalue weighted by Crippen LogP contribution is 2.29. The van der Waals surface area contributed by atoms with Gasteiger partial charge in [0.2, 0.25) is 0 Å². The number of nitrogens with one attached hydrogen (secondary N) is 1. The maximum absolute atomic E-state index is 4.83. The Morgan fingerprint density at radius 1 is 1.03 bits per heavy atom. The molecule has 0 atom stereocenters. The lowest BCUT2D eigenvalue weighted by Gasteiger charge is -2.16. The predicted octanol–water partition coefficient (Wildman–Crippen LogP) is 4.19. The van der Waals surface area contributed by atoms with Gasteiger partial charge in [0.1, 0.15) is 11.6 Å². The molecule has 5 heterocycles. The molecule has 1 saturated heterocycles. The van der Waals surface area contributed by atoms with Gasteiger partial charge in [-0.05, 0) is 50.6 Å². The van der Waals surface area contributed by atoms with Gasteiger partial charge in [0.25, 0.3) is 0 Å². The smallest absolute Gasteiger partial charge is 0.188 e. The van der Waals surface area contributed by atoms with E-state index in [1.165, 1.54) is 29.7 Å². The second-order valence-electron chi connectivity index (χ2n) is 7.20. The number of hydrogen-bond donors (Lipinski definition) is 1. The summed E-state index contributed by atoms with van der Waals surface area (Å²) in [5, 5.41) is 4.12. The Balaban J connectivity index is 1.38. The number of nitrogens with zero attached hydrogens (tertiary/aromatic N) is 6. The first-order valence-electron chi connectivity index (χ1n) is 9.74. The molecule has 5 rings (SSSR count). The first-order valence-corrected chi connectivity index (χ1v) is 10.6. The topological polar surface area (TPSA) is 79.7 Å². The number of pyridine rings is 2. The van der Waals surface area contributed by atoms with Crippen molar-refractivity contribution in [1.29, 1.82) is 0 Å². The van der Waals surface area contributed by atoms with Gasteiger partial charge in [-0.25, -0.2) is 24.9 Å². The van der Waals surface area contributed by atoms with Crippen LogP contribution in [0.25, 0.3) is 21.0 Å². The standard InChI is InChI=1S/C21H21N7S/c1-14-5-6-18(25-16(14)13-28-9-2-3-10-28)27-19-11-15-17(12-24-19)29-21(26-15)20-22-7-4-8-23-20/h4-8,11-12H,2-3,9-10,13H2,1H3,(H,24,25,27). The molecule has 29 heavy (non-hydrogen) atoms. The quantitative estimate of drug-likeness (QED) is 0.535. The van der Waals surface area contributed by atoms with E-state index in [0.717, 1.165) is 52.2 Å². The average molecular weight is 404 g/mol. The lowest BCUT2D eigenvalue weighted by molar-refractivity contribution is 0.326. The van der Waals surface area contributed by atoms with Crippen molar-refractivity contribution >= 4 is 33.2 Å². The molecule has 1 fully saturated rings. The van der Waals surface area contributed by atoms with Crippen molar-refractivity contribution < 1.29 is 0 Å². The Labute approximate surface area is 172 Å². The van der Waals surface area contributed by atoms with Crippen molar-refractivity contribution in [2.24, 2.45) is 0 Å². The normalized spacial score (nSPS) is 14.5. The van der Waals surface area contributed by atoms with Gasteiger partial charge in [0, 0.05) is 31.2 Å². The summed E-state index contributed by atoms with van der Waals surface area (Å²) in [7, 11) is 0. The zero-order valence-electron chi connectivity index (χ0n) is 16.2. The highest BCUT2D eigenvalue weighted by Gasteiger charge is 2.14. The fraction of sp³-hybridized carbons (Fsp3) is 0.286. The Kier molecular flexibility index (Phi) is 4.87. The monoisotopic (exact) mass is 403 g/mol. The third kappa shape index (κ3) is 3.94. The maximum Gasteiger partial charge on any atom is 0.188 e. The van der Waals surface area contributed by atoms with Gasteiger partial charge in [0.15, 0.2) is 10.8 Å². The van der Waals surface area contributed by atoms with Gasteiger partial charge in [-0.15, -0.1) is 11.3 Å². The summed E-state index contributed by atoms with van der Waals surface area (Å²) in [5.41, 5.74) is 3.22. The first kappa shape index (κ1) is 18.1. The minimum Gasteiger partial charge on any atom is -0.325 e. The van der Waals surface area contributed by atoms with Gasteiger partial charge >= 0.3 is 0 Å². The third-order valence-corrected chi connectivity index (χ3v) is 6.06. The molecule has 0 unspecified atom stereocenters. The Morgan fingerprint density at radius 2 is 1.86 bits per heavy atom. The van der Waals surface area contributed by atoms with E-state index in [9.17, 15) is 0 Å². The zero-order chi connectivity index (χ0) is 19.6. The van der Waals surface area contributed by atoms with Crippen LogP contribution in [0.4, 0.5) is 11.6 Å². The van der Waals surface area contributed by atoms with Crippen LogP contribution in [0.1, 0.15) is 24.1 Å². The largest absolute Gasteiger partial charge is 0.325 e.